The van der Waals surface area contributed by atoms with Gasteiger partial charge in [-0.3, -0.25) is 14.4 Å². The fourth-order valence-electron chi connectivity index (χ4n) is 4.79. The van der Waals surface area contributed by atoms with Crippen molar-refractivity contribution in [1.82, 2.24) is 0 Å². The molecule has 10 heteroatoms. The van der Waals surface area contributed by atoms with Crippen LogP contribution in [0, 0.1) is 23.7 Å². The van der Waals surface area contributed by atoms with E-state index in [9.17, 15) is 19.2 Å². The third kappa shape index (κ3) is 6.15. The fourth-order valence-corrected chi connectivity index (χ4v) is 4.79. The molecule has 35 heavy (non-hydrogen) atoms. The third-order valence-electron chi connectivity index (χ3n) is 6.89. The first-order chi connectivity index (χ1) is 16.5. The van der Waals surface area contributed by atoms with Crippen molar-refractivity contribution < 1.29 is 47.6 Å². The summed E-state index contributed by atoms with van der Waals surface area (Å²) in [6, 6.07) is 0. The standard InChI is InChI=1S/C25H36O10/c1-7-14(4)8-20(28)35-24-21-18(9-19(33-15(5)26)25(21)12-32-25)17(11-31-24)10-30-23(29)22(13(2)3)34-16(6)27/h11,13-14,18-19,21-22,24H,7-10,12H2,1-6H3/t14-,18+,19-,21+,22+,24-,25+/m0/s1. The number of carbonyl (C=O) groups is 4. The first-order valence-corrected chi connectivity index (χ1v) is 12.2. The van der Waals surface area contributed by atoms with Gasteiger partial charge in [0.2, 0.25) is 12.4 Å². The van der Waals surface area contributed by atoms with Crippen molar-refractivity contribution >= 4 is 23.9 Å². The maximum Gasteiger partial charge on any atom is 0.348 e. The Bertz CT molecular complexity index is 858. The van der Waals surface area contributed by atoms with Crippen molar-refractivity contribution in [1.29, 1.82) is 0 Å². The lowest BCUT2D eigenvalue weighted by atomic mass is 9.83. The van der Waals surface area contributed by atoms with Crippen LogP contribution in [0.2, 0.25) is 0 Å². The molecule has 0 N–H and O–H groups in total. The van der Waals surface area contributed by atoms with Gasteiger partial charge in [-0.1, -0.05) is 34.1 Å². The second kappa shape index (κ2) is 11.0. The van der Waals surface area contributed by atoms with Gasteiger partial charge in [0.1, 0.15) is 18.3 Å². The Kier molecular flexibility index (Phi) is 8.46. The minimum absolute atomic E-state index is 0.110. The van der Waals surface area contributed by atoms with Gasteiger partial charge in [0.25, 0.3) is 0 Å². The molecule has 1 spiro atoms. The van der Waals surface area contributed by atoms with E-state index in [0.29, 0.717) is 18.6 Å². The average molecular weight is 497 g/mol. The number of hydrogen-bond donors (Lipinski definition) is 0. The minimum atomic E-state index is -1.03. The second-order valence-electron chi connectivity index (χ2n) is 10.00. The van der Waals surface area contributed by atoms with Crippen LogP contribution in [0.1, 0.15) is 60.8 Å². The molecular weight excluding hydrogens is 460 g/mol. The van der Waals surface area contributed by atoms with Gasteiger partial charge in [0, 0.05) is 37.7 Å². The van der Waals surface area contributed by atoms with E-state index in [0.717, 1.165) is 6.42 Å². The summed E-state index contributed by atoms with van der Waals surface area (Å²) in [5.41, 5.74) is -0.174. The molecule has 0 bridgehead atoms. The normalized spacial score (nSPS) is 30.4. The minimum Gasteiger partial charge on any atom is -0.462 e. The molecule has 196 valence electrons. The predicted octanol–water partition coefficient (Wildman–Crippen LogP) is 2.67. The summed E-state index contributed by atoms with van der Waals surface area (Å²) < 4.78 is 33.5. The summed E-state index contributed by atoms with van der Waals surface area (Å²) in [6.45, 7) is 10.3. The van der Waals surface area contributed by atoms with Crippen LogP contribution in [-0.2, 0) is 47.6 Å². The quantitative estimate of drug-likeness (QED) is 0.253. The lowest BCUT2D eigenvalue weighted by Gasteiger charge is -2.35. The smallest absolute Gasteiger partial charge is 0.348 e. The Morgan fingerprint density at radius 1 is 1.11 bits per heavy atom. The predicted molar refractivity (Wildman–Crippen MR) is 120 cm³/mol. The number of esters is 4. The van der Waals surface area contributed by atoms with E-state index < -0.39 is 47.9 Å². The monoisotopic (exact) mass is 496 g/mol. The molecule has 0 amide bonds. The zero-order valence-electron chi connectivity index (χ0n) is 21.2. The van der Waals surface area contributed by atoms with Crippen molar-refractivity contribution in [3.63, 3.8) is 0 Å². The Morgan fingerprint density at radius 3 is 2.34 bits per heavy atom. The molecule has 7 atom stereocenters. The lowest BCUT2D eigenvalue weighted by Crippen LogP contribution is -2.45. The Labute approximate surface area is 205 Å². The van der Waals surface area contributed by atoms with E-state index in [1.54, 1.807) is 13.8 Å². The molecular formula is C25H36O10. The van der Waals surface area contributed by atoms with Gasteiger partial charge in [0.05, 0.1) is 18.8 Å². The summed E-state index contributed by atoms with van der Waals surface area (Å²) in [4.78, 5) is 48.2. The molecule has 0 aromatic heterocycles. The van der Waals surface area contributed by atoms with E-state index >= 15 is 0 Å². The SMILES string of the molecule is CC[C@H](C)CC(=O)O[C@@H]1OC=C(COC(=O)[C@H](OC(C)=O)C(C)C)[C@H]2C[C@H](OC(C)=O)[C@]3(CO3)[C@@H]12. The molecule has 10 nitrogen and oxygen atoms in total. The van der Waals surface area contributed by atoms with Crippen LogP contribution in [0.5, 0.6) is 0 Å². The number of carbonyl (C=O) groups excluding carboxylic acids is 4. The fraction of sp³-hybridized carbons (Fsp3) is 0.760. The van der Waals surface area contributed by atoms with Crippen molar-refractivity contribution in [3.8, 4) is 0 Å². The second-order valence-corrected chi connectivity index (χ2v) is 10.00. The maximum atomic E-state index is 12.6. The average Bonchev–Trinajstić information content (AvgIpc) is 3.50. The highest BCUT2D eigenvalue weighted by atomic mass is 16.7. The molecule has 1 aliphatic carbocycles. The van der Waals surface area contributed by atoms with Crippen molar-refractivity contribution in [2.45, 2.75) is 84.9 Å². The van der Waals surface area contributed by atoms with Crippen LogP contribution in [0.4, 0.5) is 0 Å². The molecule has 0 unspecified atom stereocenters. The van der Waals surface area contributed by atoms with Crippen molar-refractivity contribution in [2.24, 2.45) is 23.7 Å². The Hall–Kier alpha value is -2.62. The third-order valence-corrected chi connectivity index (χ3v) is 6.89. The van der Waals surface area contributed by atoms with Crippen LogP contribution < -0.4 is 0 Å². The zero-order chi connectivity index (χ0) is 25.9. The summed E-state index contributed by atoms with van der Waals surface area (Å²) in [7, 11) is 0. The first kappa shape index (κ1) is 27.0. The number of epoxide rings is 1. The number of rotatable bonds is 10. The van der Waals surface area contributed by atoms with Crippen LogP contribution in [0.25, 0.3) is 0 Å². The molecule has 3 rings (SSSR count). The van der Waals surface area contributed by atoms with Crippen LogP contribution >= 0.6 is 0 Å². The zero-order valence-corrected chi connectivity index (χ0v) is 21.2. The number of fused-ring (bicyclic) bond motifs is 2. The van der Waals surface area contributed by atoms with E-state index in [-0.39, 0.29) is 36.8 Å². The van der Waals surface area contributed by atoms with Gasteiger partial charge in [-0.2, -0.15) is 0 Å². The highest BCUT2D eigenvalue weighted by Gasteiger charge is 2.70. The molecule has 2 fully saturated rings. The van der Waals surface area contributed by atoms with Crippen molar-refractivity contribution in [3.05, 3.63) is 11.8 Å². The van der Waals surface area contributed by atoms with Gasteiger partial charge < -0.3 is 28.4 Å². The summed E-state index contributed by atoms with van der Waals surface area (Å²) in [6.07, 6.45) is 0.466. The van der Waals surface area contributed by atoms with Crippen LogP contribution in [0.15, 0.2) is 11.8 Å². The largest absolute Gasteiger partial charge is 0.462 e. The summed E-state index contributed by atoms with van der Waals surface area (Å²) in [5.74, 6) is -2.85. The van der Waals surface area contributed by atoms with Gasteiger partial charge in [-0.05, 0) is 12.3 Å². The van der Waals surface area contributed by atoms with Crippen LogP contribution in [0.3, 0.4) is 0 Å². The van der Waals surface area contributed by atoms with E-state index in [1.807, 2.05) is 13.8 Å². The first-order valence-electron chi connectivity index (χ1n) is 12.2. The molecule has 2 heterocycles. The molecule has 1 saturated heterocycles. The van der Waals surface area contributed by atoms with Crippen molar-refractivity contribution in [2.75, 3.05) is 13.2 Å². The molecule has 0 aromatic rings. The van der Waals surface area contributed by atoms with Gasteiger partial charge >= 0.3 is 23.9 Å². The van der Waals surface area contributed by atoms with Gasteiger partial charge in [0.15, 0.2) is 0 Å². The van der Waals surface area contributed by atoms with Gasteiger partial charge in [-0.15, -0.1) is 0 Å². The van der Waals surface area contributed by atoms with E-state index in [2.05, 4.69) is 0 Å². The summed E-state index contributed by atoms with van der Waals surface area (Å²) >= 11 is 0. The van der Waals surface area contributed by atoms with Crippen LogP contribution in [-0.4, -0.2) is 61.2 Å². The topological polar surface area (TPSA) is 127 Å². The number of ether oxygens (including phenoxy) is 6. The molecule has 3 aliphatic rings. The van der Waals surface area contributed by atoms with E-state index in [1.165, 1.54) is 20.1 Å². The maximum absolute atomic E-state index is 12.6. The Balaban J connectivity index is 1.77. The lowest BCUT2D eigenvalue weighted by molar-refractivity contribution is -0.193. The number of hydrogen-bond acceptors (Lipinski definition) is 10. The Morgan fingerprint density at radius 2 is 1.80 bits per heavy atom. The molecule has 1 saturated carbocycles. The summed E-state index contributed by atoms with van der Waals surface area (Å²) in [5, 5.41) is 0. The molecule has 2 aliphatic heterocycles. The molecule has 0 radical (unpaired) electrons. The van der Waals surface area contributed by atoms with E-state index in [4.69, 9.17) is 28.4 Å². The highest BCUT2D eigenvalue weighted by Crippen LogP contribution is 2.57. The highest BCUT2D eigenvalue weighted by molar-refractivity contribution is 5.79. The molecule has 0 aromatic carbocycles. The van der Waals surface area contributed by atoms with Gasteiger partial charge in [-0.25, -0.2) is 4.79 Å².